The van der Waals surface area contributed by atoms with E-state index in [-0.39, 0.29) is 11.5 Å². The van der Waals surface area contributed by atoms with Crippen molar-refractivity contribution >= 4 is 31.5 Å². The average molecular weight is 557 g/mol. The Morgan fingerprint density at radius 3 is 2.13 bits per heavy atom. The number of carbonyl (C=O) groups is 1. The van der Waals surface area contributed by atoms with E-state index < -0.39 is 31.1 Å². The smallest absolute Gasteiger partial charge is 0.267 e. The molecule has 1 unspecified atom stereocenters. The van der Waals surface area contributed by atoms with Gasteiger partial charge in [-0.1, -0.05) is 44.2 Å². The molecule has 1 atom stereocenters. The summed E-state index contributed by atoms with van der Waals surface area (Å²) in [5.74, 6) is -0.419. The van der Waals surface area contributed by atoms with Gasteiger partial charge in [0.2, 0.25) is 5.91 Å². The predicted molar refractivity (Wildman–Crippen MR) is 148 cm³/mol. The molecule has 4 N–H and O–H groups in total. The van der Waals surface area contributed by atoms with Crippen LogP contribution < -0.4 is 11.1 Å². The Hall–Kier alpha value is -3.21. The fraction of sp³-hybridized carbons (Fsp3) is 0.321. The van der Waals surface area contributed by atoms with Gasteiger partial charge in [-0.2, -0.15) is 8.42 Å². The van der Waals surface area contributed by atoms with E-state index in [4.69, 9.17) is 10.3 Å². The number of hydrogen-bond donors (Lipinski definition) is 3. The quantitative estimate of drug-likeness (QED) is 0.389. The van der Waals surface area contributed by atoms with Crippen LogP contribution in [0.4, 0.5) is 5.69 Å². The van der Waals surface area contributed by atoms with E-state index in [1.54, 1.807) is 18.2 Å². The number of anilines is 1. The lowest BCUT2D eigenvalue weighted by Gasteiger charge is -2.41. The van der Waals surface area contributed by atoms with Gasteiger partial charge in [-0.15, -0.1) is 0 Å². The molecule has 5 rings (SSSR count). The van der Waals surface area contributed by atoms with Crippen molar-refractivity contribution in [2.75, 3.05) is 11.6 Å². The minimum absolute atomic E-state index is 0.0784. The molecule has 202 valence electrons. The number of benzene rings is 3. The van der Waals surface area contributed by atoms with Crippen LogP contribution in [-0.2, 0) is 26.4 Å². The van der Waals surface area contributed by atoms with Gasteiger partial charge < -0.3 is 11.1 Å². The summed E-state index contributed by atoms with van der Waals surface area (Å²) in [4.78, 5) is 11.9. The van der Waals surface area contributed by atoms with Crippen molar-refractivity contribution in [3.8, 4) is 11.1 Å². The molecule has 1 saturated carbocycles. The Balaban J connectivity index is 0.000000417. The predicted octanol–water partition coefficient (Wildman–Crippen LogP) is 4.63. The van der Waals surface area contributed by atoms with Gasteiger partial charge in [-0.3, -0.25) is 9.35 Å². The molecule has 10 heteroatoms. The molecule has 3 aromatic rings. The van der Waals surface area contributed by atoms with Gasteiger partial charge >= 0.3 is 0 Å². The van der Waals surface area contributed by atoms with Gasteiger partial charge in [0.25, 0.3) is 10.1 Å². The highest BCUT2D eigenvalue weighted by molar-refractivity contribution is 7.90. The van der Waals surface area contributed by atoms with Gasteiger partial charge in [0.1, 0.15) is 0 Å². The largest absolute Gasteiger partial charge is 0.377 e. The molecule has 0 bridgehead atoms. The van der Waals surface area contributed by atoms with Crippen LogP contribution >= 0.6 is 0 Å². The summed E-state index contributed by atoms with van der Waals surface area (Å²) in [5.41, 5.74) is 11.1. The standard InChI is InChI=1S/C25H26N2O3S.C3H6O3S/c1-25(2)15-20-14-19(24(26)28)9-12-22(20)27-23(25)18-6-4-5-17(13-18)16-7-10-21(11-8-16)31(3,29)30;4-7(5,6)3-1-2-3/h4-14,23,27H,15H2,1-3H3,(H2,26,28);3H,1-2H2,(H,4,5,6). The second-order valence-electron chi connectivity index (χ2n) is 10.6. The van der Waals surface area contributed by atoms with Crippen molar-refractivity contribution in [1.29, 1.82) is 0 Å². The number of nitrogens with one attached hydrogen (secondary N) is 1. The number of rotatable bonds is 5. The summed E-state index contributed by atoms with van der Waals surface area (Å²) in [6, 6.07) is 20.9. The molecule has 3 aromatic carbocycles. The third kappa shape index (κ3) is 6.43. The second-order valence-corrected chi connectivity index (χ2v) is 14.3. The number of primary amides is 1. The lowest BCUT2D eigenvalue weighted by molar-refractivity contribution is 0.1000. The van der Waals surface area contributed by atoms with E-state index in [0.29, 0.717) is 23.3 Å². The average Bonchev–Trinajstić information content (AvgIpc) is 3.69. The monoisotopic (exact) mass is 556 g/mol. The zero-order valence-electron chi connectivity index (χ0n) is 21.5. The maximum atomic E-state index is 11.7. The first-order chi connectivity index (χ1) is 17.6. The number of carbonyl (C=O) groups excluding carboxylic acids is 1. The maximum Gasteiger partial charge on any atom is 0.267 e. The van der Waals surface area contributed by atoms with Crippen LogP contribution in [0, 0.1) is 5.41 Å². The summed E-state index contributed by atoms with van der Waals surface area (Å²) in [6.07, 6.45) is 3.30. The lowest BCUT2D eigenvalue weighted by Crippen LogP contribution is -2.35. The fourth-order valence-corrected chi connectivity index (χ4v) is 6.03. The van der Waals surface area contributed by atoms with E-state index in [1.807, 2.05) is 36.4 Å². The maximum absolute atomic E-state index is 11.7. The van der Waals surface area contributed by atoms with Crippen LogP contribution in [0.15, 0.2) is 71.6 Å². The van der Waals surface area contributed by atoms with E-state index in [1.165, 1.54) is 6.26 Å². The minimum Gasteiger partial charge on any atom is -0.377 e. The first-order valence-corrected chi connectivity index (χ1v) is 15.6. The van der Waals surface area contributed by atoms with E-state index in [2.05, 4.69) is 31.3 Å². The summed E-state index contributed by atoms with van der Waals surface area (Å²) in [5, 5.41) is 3.22. The van der Waals surface area contributed by atoms with Crippen molar-refractivity contribution < 1.29 is 26.2 Å². The van der Waals surface area contributed by atoms with Crippen LogP contribution in [0.2, 0.25) is 0 Å². The molecule has 38 heavy (non-hydrogen) atoms. The van der Waals surface area contributed by atoms with E-state index >= 15 is 0 Å². The highest BCUT2D eigenvalue weighted by atomic mass is 32.2. The Morgan fingerprint density at radius 1 is 0.947 bits per heavy atom. The molecule has 1 fully saturated rings. The first kappa shape index (κ1) is 27.8. The van der Waals surface area contributed by atoms with E-state index in [9.17, 15) is 21.6 Å². The highest BCUT2D eigenvalue weighted by Crippen LogP contribution is 2.45. The first-order valence-electron chi connectivity index (χ1n) is 12.2. The summed E-state index contributed by atoms with van der Waals surface area (Å²) >= 11 is 0. The minimum atomic E-state index is -3.63. The number of sulfone groups is 1. The number of amides is 1. The lowest BCUT2D eigenvalue weighted by atomic mass is 9.72. The van der Waals surface area contributed by atoms with Gasteiger partial charge in [0.05, 0.1) is 16.2 Å². The molecule has 8 nitrogen and oxygen atoms in total. The Bertz CT molecular complexity index is 1580. The van der Waals surface area contributed by atoms with Gasteiger partial charge in [-0.05, 0) is 83.3 Å². The highest BCUT2D eigenvalue weighted by Gasteiger charge is 2.36. The molecule has 1 amide bonds. The molecule has 2 aliphatic rings. The molecule has 0 radical (unpaired) electrons. The van der Waals surface area contributed by atoms with Crippen LogP contribution in [0.25, 0.3) is 11.1 Å². The van der Waals surface area contributed by atoms with Gasteiger partial charge in [0, 0.05) is 17.5 Å². The summed E-state index contributed by atoms with van der Waals surface area (Å²) < 4.78 is 51.5. The molecule has 0 aromatic heterocycles. The van der Waals surface area contributed by atoms with Crippen LogP contribution in [0.3, 0.4) is 0 Å². The number of hydrogen-bond acceptors (Lipinski definition) is 6. The molecular weight excluding hydrogens is 524 g/mol. The molecule has 0 spiro atoms. The second kappa shape index (κ2) is 10.2. The van der Waals surface area contributed by atoms with E-state index in [0.717, 1.165) is 34.4 Å². The van der Waals surface area contributed by atoms with Crippen molar-refractivity contribution in [3.63, 3.8) is 0 Å². The van der Waals surface area contributed by atoms with Gasteiger partial charge in [-0.25, -0.2) is 8.42 Å². The SMILES string of the molecule is CC1(C)Cc2cc(C(N)=O)ccc2NC1c1cccc(-c2ccc(S(C)(=O)=O)cc2)c1.O=S(=O)(O)C1CC1. The zero-order valence-corrected chi connectivity index (χ0v) is 23.1. The Labute approximate surface area is 223 Å². The molecule has 1 heterocycles. The summed E-state index contributed by atoms with van der Waals surface area (Å²) in [6.45, 7) is 4.41. The zero-order chi connectivity index (χ0) is 27.9. The van der Waals surface area contributed by atoms with Crippen LogP contribution in [0.5, 0.6) is 0 Å². The van der Waals surface area contributed by atoms with Crippen molar-refractivity contribution in [2.45, 2.75) is 49.3 Å². The van der Waals surface area contributed by atoms with Gasteiger partial charge in [0.15, 0.2) is 9.84 Å². The topological polar surface area (TPSA) is 144 Å². The van der Waals surface area contributed by atoms with Crippen molar-refractivity contribution in [3.05, 3.63) is 83.4 Å². The molecule has 1 aliphatic heterocycles. The van der Waals surface area contributed by atoms with Crippen LogP contribution in [0.1, 0.15) is 54.2 Å². The normalized spacial score (nSPS) is 18.4. The Kier molecular flexibility index (Phi) is 7.44. The molecule has 0 saturated heterocycles. The third-order valence-corrected chi connectivity index (χ3v) is 9.34. The van der Waals surface area contributed by atoms with Crippen LogP contribution in [-0.4, -0.2) is 38.8 Å². The third-order valence-electron chi connectivity index (χ3n) is 6.90. The summed E-state index contributed by atoms with van der Waals surface area (Å²) in [7, 11) is -6.85. The Morgan fingerprint density at radius 2 is 1.61 bits per heavy atom. The van der Waals surface area contributed by atoms with Crippen molar-refractivity contribution in [2.24, 2.45) is 11.1 Å². The fourth-order valence-electron chi connectivity index (χ4n) is 4.67. The van der Waals surface area contributed by atoms with Crippen molar-refractivity contribution in [1.82, 2.24) is 0 Å². The number of fused-ring (bicyclic) bond motifs is 1. The molecular formula is C28H32N2O6S2. The number of nitrogens with two attached hydrogens (primary N) is 1. The molecule has 1 aliphatic carbocycles.